The van der Waals surface area contributed by atoms with E-state index < -0.39 is 0 Å². The molecule has 0 fully saturated rings. The lowest BCUT2D eigenvalue weighted by Gasteiger charge is -2.14. The third-order valence-electron chi connectivity index (χ3n) is 2.88. The predicted molar refractivity (Wildman–Crippen MR) is 77.7 cm³/mol. The molecule has 1 aromatic carbocycles. The van der Waals surface area contributed by atoms with Gasteiger partial charge in [-0.25, -0.2) is 0 Å². The predicted octanol–water partition coefficient (Wildman–Crippen LogP) is 4.70. The first-order valence-corrected chi connectivity index (χ1v) is 7.46. The van der Waals surface area contributed by atoms with Gasteiger partial charge in [0.2, 0.25) is 0 Å². The first-order valence-electron chi connectivity index (χ1n) is 5.70. The lowest BCUT2D eigenvalue weighted by molar-refractivity contribution is 0.475. The van der Waals surface area contributed by atoms with Crippen molar-refractivity contribution in [3.8, 4) is 5.75 Å². The van der Waals surface area contributed by atoms with Gasteiger partial charge >= 0.3 is 0 Å². The molecule has 0 aliphatic heterocycles. The minimum atomic E-state index is 0.283. The van der Waals surface area contributed by atoms with Gasteiger partial charge in [0.15, 0.2) is 0 Å². The van der Waals surface area contributed by atoms with E-state index in [4.69, 9.17) is 0 Å². The van der Waals surface area contributed by atoms with Gasteiger partial charge in [-0.2, -0.15) is 0 Å². The topological polar surface area (TPSA) is 20.2 Å². The zero-order chi connectivity index (χ0) is 12.4. The molecule has 0 radical (unpaired) electrons. The summed E-state index contributed by atoms with van der Waals surface area (Å²) < 4.78 is 0. The molecule has 2 heterocycles. The third-order valence-corrected chi connectivity index (χ3v) is 4.76. The van der Waals surface area contributed by atoms with Crippen LogP contribution in [0.1, 0.15) is 21.2 Å². The highest BCUT2D eigenvalue weighted by atomic mass is 32.1. The summed E-state index contributed by atoms with van der Waals surface area (Å²) in [4.78, 5) is 2.67. The lowest BCUT2D eigenvalue weighted by Crippen LogP contribution is -1.98. The van der Waals surface area contributed by atoms with Gasteiger partial charge in [-0.1, -0.05) is 24.3 Å². The number of phenols is 1. The van der Waals surface area contributed by atoms with E-state index in [1.807, 2.05) is 12.1 Å². The summed E-state index contributed by atoms with van der Waals surface area (Å²) >= 11 is 3.54. The smallest absolute Gasteiger partial charge is 0.115 e. The minimum Gasteiger partial charge on any atom is -0.508 e. The maximum absolute atomic E-state index is 9.40. The van der Waals surface area contributed by atoms with Gasteiger partial charge in [-0.3, -0.25) is 0 Å². The molecule has 0 amide bonds. The average Bonchev–Trinajstić information content (AvgIpc) is 3.06. The first kappa shape index (κ1) is 11.5. The zero-order valence-corrected chi connectivity index (χ0v) is 11.2. The molecule has 90 valence electrons. The van der Waals surface area contributed by atoms with Crippen molar-refractivity contribution in [1.29, 1.82) is 0 Å². The molecule has 3 rings (SSSR count). The van der Waals surface area contributed by atoms with Gasteiger partial charge in [-0.05, 0) is 40.6 Å². The molecule has 1 nitrogen and oxygen atoms in total. The highest BCUT2D eigenvalue weighted by Crippen LogP contribution is 2.37. The molecule has 3 heteroatoms. The summed E-state index contributed by atoms with van der Waals surface area (Å²) in [5.74, 6) is 0.598. The van der Waals surface area contributed by atoms with Gasteiger partial charge in [0.1, 0.15) is 5.75 Å². The minimum absolute atomic E-state index is 0.283. The van der Waals surface area contributed by atoms with Crippen LogP contribution in [0.3, 0.4) is 0 Å². The van der Waals surface area contributed by atoms with E-state index in [1.165, 1.54) is 15.3 Å². The van der Waals surface area contributed by atoms with Crippen molar-refractivity contribution in [2.45, 2.75) is 5.92 Å². The Bertz CT molecular complexity index is 560. The number of thiophene rings is 2. The SMILES string of the molecule is Oc1ccc(C(c2cccs2)c2cccs2)cc1. The molecular formula is C15H12OS2. The Hall–Kier alpha value is -1.58. The van der Waals surface area contributed by atoms with E-state index >= 15 is 0 Å². The van der Waals surface area contributed by atoms with Crippen molar-refractivity contribution in [2.75, 3.05) is 0 Å². The molecule has 0 aliphatic rings. The molecule has 1 N–H and O–H groups in total. The second kappa shape index (κ2) is 4.96. The summed E-state index contributed by atoms with van der Waals surface area (Å²) in [6.07, 6.45) is 0. The molecule has 2 aromatic heterocycles. The van der Waals surface area contributed by atoms with Crippen molar-refractivity contribution in [2.24, 2.45) is 0 Å². The molecule has 0 bridgehead atoms. The Morgan fingerprint density at radius 3 is 1.78 bits per heavy atom. The Morgan fingerprint density at radius 1 is 0.778 bits per heavy atom. The van der Waals surface area contributed by atoms with Crippen LogP contribution in [0.15, 0.2) is 59.3 Å². The van der Waals surface area contributed by atoms with Crippen molar-refractivity contribution in [1.82, 2.24) is 0 Å². The van der Waals surface area contributed by atoms with Crippen LogP contribution in [0, 0.1) is 0 Å². The Balaban J connectivity index is 2.08. The lowest BCUT2D eigenvalue weighted by atomic mass is 9.96. The average molecular weight is 272 g/mol. The first-order chi connectivity index (χ1) is 8.84. The Kier molecular flexibility index (Phi) is 3.17. The van der Waals surface area contributed by atoms with Crippen molar-refractivity contribution in [3.05, 3.63) is 74.6 Å². The third kappa shape index (κ3) is 2.19. The molecule has 0 saturated heterocycles. The highest BCUT2D eigenvalue weighted by Gasteiger charge is 2.18. The van der Waals surface area contributed by atoms with Crippen LogP contribution in [0.2, 0.25) is 0 Å². The fourth-order valence-electron chi connectivity index (χ4n) is 2.05. The highest BCUT2D eigenvalue weighted by molar-refractivity contribution is 7.11. The number of hydrogen-bond donors (Lipinski definition) is 1. The zero-order valence-electron chi connectivity index (χ0n) is 9.61. The van der Waals surface area contributed by atoms with Crippen LogP contribution in [0.4, 0.5) is 0 Å². The van der Waals surface area contributed by atoms with Crippen LogP contribution in [-0.4, -0.2) is 5.11 Å². The van der Waals surface area contributed by atoms with Crippen molar-refractivity contribution in [3.63, 3.8) is 0 Å². The summed E-state index contributed by atoms with van der Waals surface area (Å²) in [5, 5.41) is 13.6. The van der Waals surface area contributed by atoms with Gasteiger partial charge in [-0.15, -0.1) is 22.7 Å². The number of phenolic OH excluding ortho intramolecular Hbond substituents is 1. The molecule has 0 aliphatic carbocycles. The van der Waals surface area contributed by atoms with E-state index in [0.717, 1.165) is 0 Å². The second-order valence-corrected chi connectivity index (χ2v) is 6.01. The molecule has 0 atom stereocenters. The van der Waals surface area contributed by atoms with E-state index in [2.05, 4.69) is 35.0 Å². The van der Waals surface area contributed by atoms with Crippen molar-refractivity contribution < 1.29 is 5.11 Å². The van der Waals surface area contributed by atoms with Gasteiger partial charge in [0, 0.05) is 9.75 Å². The summed E-state index contributed by atoms with van der Waals surface area (Å²) in [5.41, 5.74) is 1.22. The molecule has 0 unspecified atom stereocenters. The molecule has 18 heavy (non-hydrogen) atoms. The van der Waals surface area contributed by atoms with Gasteiger partial charge in [0.25, 0.3) is 0 Å². The molecule has 0 spiro atoms. The number of aromatic hydroxyl groups is 1. The monoisotopic (exact) mass is 272 g/mol. The maximum Gasteiger partial charge on any atom is 0.115 e. The normalized spacial score (nSPS) is 10.9. The number of hydrogen-bond acceptors (Lipinski definition) is 3. The van der Waals surface area contributed by atoms with E-state index in [9.17, 15) is 5.11 Å². The van der Waals surface area contributed by atoms with Crippen LogP contribution in [0.25, 0.3) is 0 Å². The van der Waals surface area contributed by atoms with Crippen LogP contribution in [-0.2, 0) is 0 Å². The van der Waals surface area contributed by atoms with Crippen LogP contribution >= 0.6 is 22.7 Å². The van der Waals surface area contributed by atoms with E-state index in [1.54, 1.807) is 34.8 Å². The number of benzene rings is 1. The summed E-state index contributed by atoms with van der Waals surface area (Å²) in [6, 6.07) is 16.0. The Labute approximate surface area is 114 Å². The standard InChI is InChI=1S/C15H12OS2/c16-12-7-5-11(6-8-12)15(13-3-1-9-17-13)14-4-2-10-18-14/h1-10,15-16H. The fourth-order valence-corrected chi connectivity index (χ4v) is 3.86. The number of rotatable bonds is 3. The fraction of sp³-hybridized carbons (Fsp3) is 0.0667. The molecule has 3 aromatic rings. The van der Waals surface area contributed by atoms with Gasteiger partial charge < -0.3 is 5.11 Å². The molecule has 0 saturated carbocycles. The quantitative estimate of drug-likeness (QED) is 0.733. The van der Waals surface area contributed by atoms with Crippen LogP contribution in [0.5, 0.6) is 5.75 Å². The Morgan fingerprint density at radius 2 is 1.33 bits per heavy atom. The van der Waals surface area contributed by atoms with E-state index in [0.29, 0.717) is 5.75 Å². The maximum atomic E-state index is 9.40. The van der Waals surface area contributed by atoms with Gasteiger partial charge in [0.05, 0.1) is 5.92 Å². The van der Waals surface area contributed by atoms with Crippen molar-refractivity contribution >= 4 is 22.7 Å². The summed E-state index contributed by atoms with van der Waals surface area (Å²) in [7, 11) is 0. The van der Waals surface area contributed by atoms with E-state index in [-0.39, 0.29) is 5.92 Å². The van der Waals surface area contributed by atoms with Crippen LogP contribution < -0.4 is 0 Å². The summed E-state index contributed by atoms with van der Waals surface area (Å²) in [6.45, 7) is 0. The second-order valence-electron chi connectivity index (χ2n) is 4.06. The molecular weight excluding hydrogens is 260 g/mol. The largest absolute Gasteiger partial charge is 0.508 e.